The molecule has 1 aromatic heterocycles. The van der Waals surface area contributed by atoms with Crippen molar-refractivity contribution in [3.63, 3.8) is 0 Å². The highest BCUT2D eigenvalue weighted by Crippen LogP contribution is 2.19. The minimum Gasteiger partial charge on any atom is -0.368 e. The van der Waals surface area contributed by atoms with Crippen LogP contribution in [0.4, 0.5) is 5.82 Å². The van der Waals surface area contributed by atoms with Crippen molar-refractivity contribution in [3.8, 4) is 0 Å². The van der Waals surface area contributed by atoms with E-state index in [4.69, 9.17) is 11.6 Å². The summed E-state index contributed by atoms with van der Waals surface area (Å²) in [5.74, 6) is 0.866. The summed E-state index contributed by atoms with van der Waals surface area (Å²) in [4.78, 5) is 10.7. The summed E-state index contributed by atoms with van der Waals surface area (Å²) < 4.78 is 0. The van der Waals surface area contributed by atoms with Gasteiger partial charge < -0.3 is 10.2 Å². The van der Waals surface area contributed by atoms with E-state index in [1.54, 1.807) is 0 Å². The van der Waals surface area contributed by atoms with E-state index >= 15 is 0 Å². The van der Waals surface area contributed by atoms with Gasteiger partial charge in [0.25, 0.3) is 0 Å². The Morgan fingerprint density at radius 3 is 2.61 bits per heavy atom. The minimum atomic E-state index is 0.552. The van der Waals surface area contributed by atoms with Gasteiger partial charge in [0.1, 0.15) is 17.3 Å². The number of halogens is 1. The van der Waals surface area contributed by atoms with Gasteiger partial charge in [0.15, 0.2) is 0 Å². The molecule has 0 aromatic carbocycles. The number of hydrogen-bond acceptors (Lipinski definition) is 4. The summed E-state index contributed by atoms with van der Waals surface area (Å²) in [6.07, 6.45) is 3.54. The second-order valence-electron chi connectivity index (χ2n) is 4.21. The van der Waals surface area contributed by atoms with Gasteiger partial charge in [0, 0.05) is 18.7 Å². The Morgan fingerprint density at radius 1 is 1.22 bits per heavy atom. The number of likely N-dealkylation sites (N-methyl/N-ethyl adjacent to an activating group) is 1. The molecular weight excluding hydrogens is 248 g/mol. The standard InChI is InChI=1S/C13H23ClN4/c1-4-8-18(6-3)9-7-15-13-11(5-2)12(14)16-10-17-13/h10H,4-9H2,1-3H3,(H,15,16,17). The van der Waals surface area contributed by atoms with Crippen molar-refractivity contribution in [1.82, 2.24) is 14.9 Å². The molecule has 0 spiro atoms. The number of aromatic nitrogens is 2. The van der Waals surface area contributed by atoms with E-state index in [0.717, 1.165) is 44.0 Å². The normalized spacial score (nSPS) is 10.9. The lowest BCUT2D eigenvalue weighted by atomic mass is 10.2. The molecule has 5 heteroatoms. The third-order valence-electron chi connectivity index (χ3n) is 2.95. The summed E-state index contributed by atoms with van der Waals surface area (Å²) >= 11 is 6.05. The fourth-order valence-corrected chi connectivity index (χ4v) is 2.20. The Balaban J connectivity index is 2.50. The summed E-state index contributed by atoms with van der Waals surface area (Å²) in [5, 5.41) is 3.90. The van der Waals surface area contributed by atoms with Crippen molar-refractivity contribution in [1.29, 1.82) is 0 Å². The fraction of sp³-hybridized carbons (Fsp3) is 0.692. The van der Waals surface area contributed by atoms with Gasteiger partial charge in [-0.15, -0.1) is 0 Å². The fourth-order valence-electron chi connectivity index (χ4n) is 1.93. The van der Waals surface area contributed by atoms with Crippen LogP contribution in [0.3, 0.4) is 0 Å². The van der Waals surface area contributed by atoms with Crippen molar-refractivity contribution in [2.75, 3.05) is 31.5 Å². The van der Waals surface area contributed by atoms with Crippen LogP contribution in [0.2, 0.25) is 5.15 Å². The van der Waals surface area contributed by atoms with E-state index in [0.29, 0.717) is 5.15 Å². The smallest absolute Gasteiger partial charge is 0.137 e. The van der Waals surface area contributed by atoms with E-state index in [2.05, 4.69) is 41.0 Å². The van der Waals surface area contributed by atoms with Crippen molar-refractivity contribution < 1.29 is 0 Å². The monoisotopic (exact) mass is 270 g/mol. The van der Waals surface area contributed by atoms with Crippen LogP contribution in [0.1, 0.15) is 32.8 Å². The summed E-state index contributed by atoms with van der Waals surface area (Å²) in [6, 6.07) is 0. The van der Waals surface area contributed by atoms with Gasteiger partial charge in [-0.3, -0.25) is 0 Å². The molecule has 0 amide bonds. The topological polar surface area (TPSA) is 41.0 Å². The van der Waals surface area contributed by atoms with Crippen molar-refractivity contribution >= 4 is 17.4 Å². The first-order valence-electron chi connectivity index (χ1n) is 6.68. The highest BCUT2D eigenvalue weighted by molar-refractivity contribution is 6.30. The van der Waals surface area contributed by atoms with Crippen LogP contribution in [0.25, 0.3) is 0 Å². The number of nitrogens with zero attached hydrogens (tertiary/aromatic N) is 3. The van der Waals surface area contributed by atoms with Crippen LogP contribution in [0, 0.1) is 0 Å². The molecule has 0 bridgehead atoms. The molecule has 4 nitrogen and oxygen atoms in total. The van der Waals surface area contributed by atoms with Crippen LogP contribution in [0.5, 0.6) is 0 Å². The van der Waals surface area contributed by atoms with E-state index in [1.165, 1.54) is 12.7 Å². The molecule has 0 unspecified atom stereocenters. The van der Waals surface area contributed by atoms with Crippen LogP contribution in [0.15, 0.2) is 6.33 Å². The molecule has 1 heterocycles. The SMILES string of the molecule is CCCN(CC)CCNc1ncnc(Cl)c1CC. The zero-order chi connectivity index (χ0) is 13.4. The lowest BCUT2D eigenvalue weighted by Crippen LogP contribution is -2.30. The zero-order valence-electron chi connectivity index (χ0n) is 11.5. The molecule has 0 saturated heterocycles. The highest BCUT2D eigenvalue weighted by Gasteiger charge is 2.07. The second-order valence-corrected chi connectivity index (χ2v) is 4.56. The predicted molar refractivity (Wildman–Crippen MR) is 77.3 cm³/mol. The first kappa shape index (κ1) is 15.2. The van der Waals surface area contributed by atoms with Crippen LogP contribution in [-0.2, 0) is 6.42 Å². The van der Waals surface area contributed by atoms with Gasteiger partial charge in [-0.1, -0.05) is 32.4 Å². The molecule has 102 valence electrons. The molecule has 0 fully saturated rings. The van der Waals surface area contributed by atoms with E-state index in [9.17, 15) is 0 Å². The summed E-state index contributed by atoms with van der Waals surface area (Å²) in [7, 11) is 0. The number of anilines is 1. The van der Waals surface area contributed by atoms with Crippen molar-refractivity contribution in [2.24, 2.45) is 0 Å². The molecular formula is C13H23ClN4. The number of rotatable bonds is 8. The molecule has 18 heavy (non-hydrogen) atoms. The number of nitrogens with one attached hydrogen (secondary N) is 1. The lowest BCUT2D eigenvalue weighted by molar-refractivity contribution is 0.300. The Hall–Kier alpha value is -0.870. The van der Waals surface area contributed by atoms with Gasteiger partial charge in [-0.2, -0.15) is 0 Å². The maximum Gasteiger partial charge on any atom is 0.137 e. The maximum absolute atomic E-state index is 6.05. The van der Waals surface area contributed by atoms with Crippen LogP contribution in [-0.4, -0.2) is 41.0 Å². The van der Waals surface area contributed by atoms with Gasteiger partial charge in [0.05, 0.1) is 0 Å². The molecule has 0 aliphatic carbocycles. The van der Waals surface area contributed by atoms with E-state index < -0.39 is 0 Å². The molecule has 0 aliphatic heterocycles. The average Bonchev–Trinajstić information content (AvgIpc) is 2.38. The maximum atomic E-state index is 6.05. The van der Waals surface area contributed by atoms with Gasteiger partial charge >= 0.3 is 0 Å². The molecule has 0 radical (unpaired) electrons. The van der Waals surface area contributed by atoms with Crippen LogP contribution < -0.4 is 5.32 Å². The summed E-state index contributed by atoms with van der Waals surface area (Å²) in [6.45, 7) is 10.6. The van der Waals surface area contributed by atoms with E-state index in [-0.39, 0.29) is 0 Å². The zero-order valence-corrected chi connectivity index (χ0v) is 12.3. The van der Waals surface area contributed by atoms with Gasteiger partial charge in [-0.05, 0) is 25.9 Å². The largest absolute Gasteiger partial charge is 0.368 e. The van der Waals surface area contributed by atoms with Gasteiger partial charge in [0.2, 0.25) is 0 Å². The molecule has 0 atom stereocenters. The first-order valence-corrected chi connectivity index (χ1v) is 7.06. The van der Waals surface area contributed by atoms with Gasteiger partial charge in [-0.25, -0.2) is 9.97 Å². The second kappa shape index (κ2) is 8.27. The Labute approximate surface area is 115 Å². The molecule has 1 rings (SSSR count). The molecule has 0 saturated carbocycles. The van der Waals surface area contributed by atoms with Crippen LogP contribution >= 0.6 is 11.6 Å². The Morgan fingerprint density at radius 2 is 2.00 bits per heavy atom. The minimum absolute atomic E-state index is 0.552. The third kappa shape index (κ3) is 4.42. The van der Waals surface area contributed by atoms with Crippen molar-refractivity contribution in [2.45, 2.75) is 33.6 Å². The molecule has 1 N–H and O–H groups in total. The first-order chi connectivity index (χ1) is 8.72. The average molecular weight is 271 g/mol. The number of hydrogen-bond donors (Lipinski definition) is 1. The molecule has 1 aromatic rings. The Bertz CT molecular complexity index is 357. The quantitative estimate of drug-likeness (QED) is 0.738. The summed E-state index contributed by atoms with van der Waals surface area (Å²) in [5.41, 5.74) is 0.998. The third-order valence-corrected chi connectivity index (χ3v) is 3.28. The predicted octanol–water partition coefficient (Wildman–Crippen LogP) is 2.84. The lowest BCUT2D eigenvalue weighted by Gasteiger charge is -2.20. The van der Waals surface area contributed by atoms with Crippen molar-refractivity contribution in [3.05, 3.63) is 17.0 Å². The highest BCUT2D eigenvalue weighted by atomic mass is 35.5. The Kier molecular flexibility index (Phi) is 6.98. The molecule has 0 aliphatic rings. The van der Waals surface area contributed by atoms with E-state index in [1.807, 2.05) is 0 Å².